The molecule has 2 aromatic rings. The lowest BCUT2D eigenvalue weighted by molar-refractivity contribution is 0.234. The number of aryl methyl sites for hydroxylation is 1. The first-order chi connectivity index (χ1) is 9.06. The average molecular weight is 263 g/mol. The first-order valence-corrected chi connectivity index (χ1v) is 5.99. The molecular formula is C12H17N5O2. The van der Waals surface area contributed by atoms with Gasteiger partial charge in [0.05, 0.1) is 12.6 Å². The molecule has 19 heavy (non-hydrogen) atoms. The highest BCUT2D eigenvalue weighted by atomic mass is 16.5. The predicted molar refractivity (Wildman–Crippen MR) is 70.8 cm³/mol. The van der Waals surface area contributed by atoms with E-state index in [1.807, 2.05) is 26.8 Å². The molecule has 102 valence electrons. The molecule has 0 aromatic carbocycles. The Labute approximate surface area is 111 Å². The number of anilines is 2. The van der Waals surface area contributed by atoms with Crippen LogP contribution in [0, 0.1) is 6.92 Å². The summed E-state index contributed by atoms with van der Waals surface area (Å²) in [5.74, 6) is 1.66. The summed E-state index contributed by atoms with van der Waals surface area (Å²) >= 11 is 0. The van der Waals surface area contributed by atoms with Gasteiger partial charge in [0.25, 0.3) is 0 Å². The van der Waals surface area contributed by atoms with E-state index in [1.165, 1.54) is 6.33 Å². The third-order valence-corrected chi connectivity index (χ3v) is 2.31. The SMILES string of the molecule is Cc1cc(CNc2ncnc(OC(C)C)c2N)no1. The van der Waals surface area contributed by atoms with Crippen molar-refractivity contribution in [3.63, 3.8) is 0 Å². The molecule has 0 atom stereocenters. The molecule has 0 aliphatic rings. The quantitative estimate of drug-likeness (QED) is 0.847. The van der Waals surface area contributed by atoms with Crippen molar-refractivity contribution in [3.05, 3.63) is 23.8 Å². The third-order valence-electron chi connectivity index (χ3n) is 2.31. The second-order valence-corrected chi connectivity index (χ2v) is 4.39. The smallest absolute Gasteiger partial charge is 0.242 e. The van der Waals surface area contributed by atoms with Crippen LogP contribution in [0.15, 0.2) is 16.9 Å². The van der Waals surface area contributed by atoms with Crippen LogP contribution < -0.4 is 15.8 Å². The maximum absolute atomic E-state index is 5.94. The van der Waals surface area contributed by atoms with Crippen LogP contribution in [0.2, 0.25) is 0 Å². The molecule has 0 saturated heterocycles. The summed E-state index contributed by atoms with van der Waals surface area (Å²) < 4.78 is 10.5. The minimum absolute atomic E-state index is 0.00300. The lowest BCUT2D eigenvalue weighted by Crippen LogP contribution is -2.12. The topological polar surface area (TPSA) is 99.1 Å². The van der Waals surface area contributed by atoms with Gasteiger partial charge in [0, 0.05) is 6.07 Å². The first-order valence-electron chi connectivity index (χ1n) is 5.99. The van der Waals surface area contributed by atoms with Gasteiger partial charge in [-0.15, -0.1) is 0 Å². The van der Waals surface area contributed by atoms with Gasteiger partial charge in [-0.1, -0.05) is 5.16 Å². The summed E-state index contributed by atoms with van der Waals surface area (Å²) in [4.78, 5) is 8.09. The number of nitrogen functional groups attached to an aromatic ring is 1. The third kappa shape index (κ3) is 3.34. The molecule has 2 aromatic heterocycles. The summed E-state index contributed by atoms with van der Waals surface area (Å²) in [6.07, 6.45) is 1.41. The number of rotatable bonds is 5. The molecule has 0 aliphatic heterocycles. The molecule has 0 radical (unpaired) electrons. The van der Waals surface area contributed by atoms with Gasteiger partial charge in [-0.2, -0.15) is 4.98 Å². The standard InChI is InChI=1S/C12H17N5O2/c1-7(2)18-12-10(13)11(15-6-16-12)14-5-9-4-8(3)19-17-9/h4,6-7H,5,13H2,1-3H3,(H,14,15,16). The van der Waals surface area contributed by atoms with Crippen LogP contribution in [-0.4, -0.2) is 21.2 Å². The maximum Gasteiger partial charge on any atom is 0.242 e. The van der Waals surface area contributed by atoms with Crippen molar-refractivity contribution >= 4 is 11.5 Å². The van der Waals surface area contributed by atoms with Gasteiger partial charge < -0.3 is 20.3 Å². The minimum atomic E-state index is 0.00300. The number of nitrogens with one attached hydrogen (secondary N) is 1. The van der Waals surface area contributed by atoms with Gasteiger partial charge in [0.15, 0.2) is 5.82 Å². The summed E-state index contributed by atoms with van der Waals surface area (Å²) in [5.41, 5.74) is 7.11. The Morgan fingerprint density at radius 2 is 2.21 bits per heavy atom. The van der Waals surface area contributed by atoms with Crippen molar-refractivity contribution in [1.82, 2.24) is 15.1 Å². The second kappa shape index (κ2) is 5.55. The highest BCUT2D eigenvalue weighted by Crippen LogP contribution is 2.25. The first kappa shape index (κ1) is 13.1. The van der Waals surface area contributed by atoms with E-state index in [9.17, 15) is 0 Å². The number of nitrogens with zero attached hydrogens (tertiary/aromatic N) is 3. The summed E-state index contributed by atoms with van der Waals surface area (Å²) in [5, 5.41) is 6.96. The lowest BCUT2D eigenvalue weighted by Gasteiger charge is -2.13. The highest BCUT2D eigenvalue weighted by molar-refractivity contribution is 5.66. The fourth-order valence-corrected chi connectivity index (χ4v) is 1.51. The van der Waals surface area contributed by atoms with Crippen LogP contribution in [0.25, 0.3) is 0 Å². The molecule has 0 bridgehead atoms. The number of nitrogens with two attached hydrogens (primary N) is 1. The Hall–Kier alpha value is -2.31. The van der Waals surface area contributed by atoms with E-state index in [4.69, 9.17) is 15.0 Å². The summed E-state index contributed by atoms with van der Waals surface area (Å²) in [6.45, 7) is 6.13. The molecule has 0 spiro atoms. The van der Waals surface area contributed by atoms with Gasteiger partial charge in [0.1, 0.15) is 23.5 Å². The molecule has 7 nitrogen and oxygen atoms in total. The van der Waals surface area contributed by atoms with E-state index in [0.29, 0.717) is 23.9 Å². The largest absolute Gasteiger partial charge is 0.473 e. The lowest BCUT2D eigenvalue weighted by atomic mass is 10.3. The number of ether oxygens (including phenoxy) is 1. The van der Waals surface area contributed by atoms with E-state index in [1.54, 1.807) is 0 Å². The van der Waals surface area contributed by atoms with Gasteiger partial charge in [-0.05, 0) is 20.8 Å². The minimum Gasteiger partial charge on any atom is -0.473 e. The molecule has 0 unspecified atom stereocenters. The summed E-state index contributed by atoms with van der Waals surface area (Å²) in [7, 11) is 0. The van der Waals surface area contributed by atoms with Crippen LogP contribution in [0.4, 0.5) is 11.5 Å². The van der Waals surface area contributed by atoms with Crippen LogP contribution in [0.3, 0.4) is 0 Å². The number of hydrogen-bond donors (Lipinski definition) is 2. The molecule has 0 amide bonds. The van der Waals surface area contributed by atoms with Crippen LogP contribution in [-0.2, 0) is 6.54 Å². The highest BCUT2D eigenvalue weighted by Gasteiger charge is 2.11. The zero-order chi connectivity index (χ0) is 13.8. The molecule has 0 aliphatic carbocycles. The van der Waals surface area contributed by atoms with E-state index >= 15 is 0 Å². The number of aromatic nitrogens is 3. The van der Waals surface area contributed by atoms with E-state index in [2.05, 4.69) is 20.4 Å². The van der Waals surface area contributed by atoms with Crippen molar-refractivity contribution in [2.75, 3.05) is 11.1 Å². The molecule has 3 N–H and O–H groups in total. The monoisotopic (exact) mass is 263 g/mol. The van der Waals surface area contributed by atoms with Crippen molar-refractivity contribution in [2.24, 2.45) is 0 Å². The molecule has 2 heterocycles. The zero-order valence-electron chi connectivity index (χ0n) is 11.2. The van der Waals surface area contributed by atoms with Gasteiger partial charge in [-0.25, -0.2) is 4.98 Å². The fourth-order valence-electron chi connectivity index (χ4n) is 1.51. The van der Waals surface area contributed by atoms with Crippen LogP contribution >= 0.6 is 0 Å². The normalized spacial score (nSPS) is 10.7. The average Bonchev–Trinajstić information content (AvgIpc) is 2.76. The Kier molecular flexibility index (Phi) is 3.84. The van der Waals surface area contributed by atoms with Crippen molar-refractivity contribution in [1.29, 1.82) is 0 Å². The molecular weight excluding hydrogens is 246 g/mol. The van der Waals surface area contributed by atoms with Crippen molar-refractivity contribution < 1.29 is 9.26 Å². The Bertz CT molecular complexity index is 553. The van der Waals surface area contributed by atoms with E-state index < -0.39 is 0 Å². The van der Waals surface area contributed by atoms with Crippen molar-refractivity contribution in [3.8, 4) is 5.88 Å². The number of hydrogen-bond acceptors (Lipinski definition) is 7. The molecule has 0 saturated carbocycles. The Morgan fingerprint density at radius 1 is 1.42 bits per heavy atom. The van der Waals surface area contributed by atoms with E-state index in [-0.39, 0.29) is 6.10 Å². The van der Waals surface area contributed by atoms with Gasteiger partial charge >= 0.3 is 0 Å². The predicted octanol–water partition coefficient (Wildman–Crippen LogP) is 1.75. The zero-order valence-corrected chi connectivity index (χ0v) is 11.2. The Balaban J connectivity index is 2.08. The van der Waals surface area contributed by atoms with Crippen LogP contribution in [0.5, 0.6) is 5.88 Å². The molecule has 0 fully saturated rings. The second-order valence-electron chi connectivity index (χ2n) is 4.39. The molecule has 2 rings (SSSR count). The maximum atomic E-state index is 5.94. The van der Waals surface area contributed by atoms with Gasteiger partial charge in [0.2, 0.25) is 5.88 Å². The molecule has 7 heteroatoms. The fraction of sp³-hybridized carbons (Fsp3) is 0.417. The Morgan fingerprint density at radius 3 is 2.84 bits per heavy atom. The van der Waals surface area contributed by atoms with Gasteiger partial charge in [-0.3, -0.25) is 0 Å². The van der Waals surface area contributed by atoms with Crippen molar-refractivity contribution in [2.45, 2.75) is 33.4 Å². The summed E-state index contributed by atoms with van der Waals surface area (Å²) in [6, 6.07) is 1.84. The van der Waals surface area contributed by atoms with Crippen LogP contribution in [0.1, 0.15) is 25.3 Å². The van der Waals surface area contributed by atoms with E-state index in [0.717, 1.165) is 11.5 Å².